The molecule has 1 aromatic heterocycles. The first-order valence-electron chi connectivity index (χ1n) is 6.94. The van der Waals surface area contributed by atoms with Gasteiger partial charge in [-0.3, -0.25) is 9.78 Å². The Morgan fingerprint density at radius 1 is 1.42 bits per heavy atom. The number of carbonyl (C=O) groups is 1. The minimum atomic E-state index is -0.0858. The number of hydrogen-bond donors (Lipinski definition) is 1. The molecule has 1 aromatic rings. The molecule has 0 fully saturated rings. The van der Waals surface area contributed by atoms with Crippen LogP contribution in [0.1, 0.15) is 50.0 Å². The molecule has 0 bridgehead atoms. The van der Waals surface area contributed by atoms with Gasteiger partial charge in [0.1, 0.15) is 5.69 Å². The molecule has 0 saturated heterocycles. The second-order valence-corrected chi connectivity index (χ2v) is 5.95. The fourth-order valence-corrected chi connectivity index (χ4v) is 2.27. The molecule has 1 amide bonds. The molecule has 0 atom stereocenters. The predicted octanol–water partition coefficient (Wildman–Crippen LogP) is 3.34. The van der Waals surface area contributed by atoms with Crippen molar-refractivity contribution in [2.75, 3.05) is 6.54 Å². The second-order valence-electron chi connectivity index (χ2n) is 5.95. The van der Waals surface area contributed by atoms with Crippen molar-refractivity contribution in [1.82, 2.24) is 10.3 Å². The summed E-state index contributed by atoms with van der Waals surface area (Å²) in [6.45, 7) is 5.31. The number of amides is 1. The van der Waals surface area contributed by atoms with Gasteiger partial charge >= 0.3 is 0 Å². The highest BCUT2D eigenvalue weighted by Gasteiger charge is 2.20. The van der Waals surface area contributed by atoms with E-state index < -0.39 is 0 Å². The minimum Gasteiger partial charge on any atom is -0.350 e. The van der Waals surface area contributed by atoms with Gasteiger partial charge in [-0.1, -0.05) is 31.6 Å². The van der Waals surface area contributed by atoms with Crippen LogP contribution in [0.2, 0.25) is 0 Å². The molecule has 0 aliphatic heterocycles. The first kappa shape index (κ1) is 13.8. The van der Waals surface area contributed by atoms with Crippen LogP contribution < -0.4 is 5.32 Å². The first-order chi connectivity index (χ1) is 9.07. The standard InChI is InChI=1S/C16H22N2O/c1-16(2)9-6-13(7-10-16)8-12-18-15(19)14-5-3-4-11-17-14/h3-6,11H,7-10,12H2,1-2H3,(H,18,19). The molecule has 3 heteroatoms. The van der Waals surface area contributed by atoms with Gasteiger partial charge in [-0.25, -0.2) is 0 Å². The van der Waals surface area contributed by atoms with Crippen LogP contribution in [0.25, 0.3) is 0 Å². The molecule has 0 aromatic carbocycles. The normalized spacial score (nSPS) is 17.7. The van der Waals surface area contributed by atoms with Crippen LogP contribution in [0.4, 0.5) is 0 Å². The monoisotopic (exact) mass is 258 g/mol. The van der Waals surface area contributed by atoms with Gasteiger partial charge in [0.2, 0.25) is 0 Å². The average molecular weight is 258 g/mol. The number of pyridine rings is 1. The molecule has 0 unspecified atom stereocenters. The van der Waals surface area contributed by atoms with Gasteiger partial charge in [-0.2, -0.15) is 0 Å². The quantitative estimate of drug-likeness (QED) is 0.842. The fourth-order valence-electron chi connectivity index (χ4n) is 2.27. The van der Waals surface area contributed by atoms with Crippen molar-refractivity contribution in [3.8, 4) is 0 Å². The van der Waals surface area contributed by atoms with E-state index >= 15 is 0 Å². The van der Waals surface area contributed by atoms with Gasteiger partial charge in [0.15, 0.2) is 0 Å². The molecule has 0 spiro atoms. The van der Waals surface area contributed by atoms with E-state index in [0.29, 0.717) is 17.7 Å². The zero-order chi connectivity index (χ0) is 13.7. The van der Waals surface area contributed by atoms with Crippen LogP contribution in [0.5, 0.6) is 0 Å². The van der Waals surface area contributed by atoms with Gasteiger partial charge in [0.05, 0.1) is 0 Å². The Morgan fingerprint density at radius 2 is 2.26 bits per heavy atom. The van der Waals surface area contributed by atoms with Gasteiger partial charge in [0, 0.05) is 12.7 Å². The average Bonchev–Trinajstić information content (AvgIpc) is 2.41. The van der Waals surface area contributed by atoms with E-state index in [2.05, 4.69) is 30.2 Å². The van der Waals surface area contributed by atoms with Gasteiger partial charge in [-0.05, 0) is 43.2 Å². The smallest absolute Gasteiger partial charge is 0.269 e. The third kappa shape index (κ3) is 4.19. The molecule has 0 saturated carbocycles. The Balaban J connectivity index is 1.76. The van der Waals surface area contributed by atoms with E-state index in [1.165, 1.54) is 12.0 Å². The number of aromatic nitrogens is 1. The summed E-state index contributed by atoms with van der Waals surface area (Å²) in [5.41, 5.74) is 2.41. The second kappa shape index (κ2) is 6.00. The summed E-state index contributed by atoms with van der Waals surface area (Å²) in [7, 11) is 0. The van der Waals surface area contributed by atoms with Crippen LogP contribution >= 0.6 is 0 Å². The number of nitrogens with one attached hydrogen (secondary N) is 1. The molecule has 1 heterocycles. The third-order valence-electron chi connectivity index (χ3n) is 3.70. The van der Waals surface area contributed by atoms with E-state index in [4.69, 9.17) is 0 Å². The summed E-state index contributed by atoms with van der Waals surface area (Å²) in [5.74, 6) is -0.0858. The lowest BCUT2D eigenvalue weighted by Crippen LogP contribution is -2.26. The Morgan fingerprint density at radius 3 is 2.89 bits per heavy atom. The Kier molecular flexibility index (Phi) is 4.35. The molecule has 2 rings (SSSR count). The summed E-state index contributed by atoms with van der Waals surface area (Å²) in [4.78, 5) is 15.8. The first-order valence-corrected chi connectivity index (χ1v) is 6.94. The summed E-state index contributed by atoms with van der Waals surface area (Å²) >= 11 is 0. The van der Waals surface area contributed by atoms with E-state index in [-0.39, 0.29) is 5.91 Å². The lowest BCUT2D eigenvalue weighted by atomic mass is 9.78. The maximum atomic E-state index is 11.8. The molecule has 1 N–H and O–H groups in total. The largest absolute Gasteiger partial charge is 0.350 e. The highest BCUT2D eigenvalue weighted by Crippen LogP contribution is 2.34. The molecule has 102 valence electrons. The molecule has 3 nitrogen and oxygen atoms in total. The fraction of sp³-hybridized carbons (Fsp3) is 0.500. The van der Waals surface area contributed by atoms with Crippen LogP contribution in [-0.4, -0.2) is 17.4 Å². The van der Waals surface area contributed by atoms with Crippen LogP contribution in [-0.2, 0) is 0 Å². The van der Waals surface area contributed by atoms with Crippen LogP contribution in [0, 0.1) is 5.41 Å². The molecule has 19 heavy (non-hydrogen) atoms. The van der Waals surface area contributed by atoms with Crippen molar-refractivity contribution in [1.29, 1.82) is 0 Å². The summed E-state index contributed by atoms with van der Waals surface area (Å²) < 4.78 is 0. The van der Waals surface area contributed by atoms with Gasteiger partial charge in [0.25, 0.3) is 5.91 Å². The van der Waals surface area contributed by atoms with Gasteiger partial charge in [-0.15, -0.1) is 0 Å². The van der Waals surface area contributed by atoms with Crippen molar-refractivity contribution < 1.29 is 4.79 Å². The third-order valence-corrected chi connectivity index (χ3v) is 3.70. The maximum absolute atomic E-state index is 11.8. The Hall–Kier alpha value is -1.64. The number of rotatable bonds is 4. The topological polar surface area (TPSA) is 42.0 Å². The van der Waals surface area contributed by atoms with E-state index in [0.717, 1.165) is 19.3 Å². The zero-order valence-electron chi connectivity index (χ0n) is 11.8. The van der Waals surface area contributed by atoms with Crippen molar-refractivity contribution >= 4 is 5.91 Å². The van der Waals surface area contributed by atoms with Crippen LogP contribution in [0.3, 0.4) is 0 Å². The Bertz CT molecular complexity index is 463. The number of carbonyl (C=O) groups excluding carboxylic acids is 1. The number of hydrogen-bond acceptors (Lipinski definition) is 2. The Labute approximate surface area is 115 Å². The molecule has 0 radical (unpaired) electrons. The summed E-state index contributed by atoms with van der Waals surface area (Å²) in [6, 6.07) is 5.37. The highest BCUT2D eigenvalue weighted by molar-refractivity contribution is 5.92. The van der Waals surface area contributed by atoms with Gasteiger partial charge < -0.3 is 5.32 Å². The lowest BCUT2D eigenvalue weighted by molar-refractivity contribution is 0.0949. The summed E-state index contributed by atoms with van der Waals surface area (Å²) in [5, 5.41) is 2.92. The summed E-state index contributed by atoms with van der Waals surface area (Å²) in [6.07, 6.45) is 8.49. The molecule has 1 aliphatic rings. The van der Waals surface area contributed by atoms with E-state index in [9.17, 15) is 4.79 Å². The number of nitrogens with zero attached hydrogens (tertiary/aromatic N) is 1. The zero-order valence-corrected chi connectivity index (χ0v) is 11.8. The maximum Gasteiger partial charge on any atom is 0.269 e. The van der Waals surface area contributed by atoms with Crippen molar-refractivity contribution in [3.63, 3.8) is 0 Å². The van der Waals surface area contributed by atoms with E-state index in [1.54, 1.807) is 12.3 Å². The highest BCUT2D eigenvalue weighted by atomic mass is 16.1. The van der Waals surface area contributed by atoms with E-state index in [1.807, 2.05) is 12.1 Å². The van der Waals surface area contributed by atoms with Crippen molar-refractivity contribution in [2.24, 2.45) is 5.41 Å². The minimum absolute atomic E-state index is 0.0858. The van der Waals surface area contributed by atoms with Crippen LogP contribution in [0.15, 0.2) is 36.0 Å². The molecule has 1 aliphatic carbocycles. The predicted molar refractivity (Wildman–Crippen MR) is 76.9 cm³/mol. The van der Waals surface area contributed by atoms with Crippen molar-refractivity contribution in [3.05, 3.63) is 41.7 Å². The lowest BCUT2D eigenvalue weighted by Gasteiger charge is -2.28. The van der Waals surface area contributed by atoms with Crippen molar-refractivity contribution in [2.45, 2.75) is 39.5 Å². The molecular formula is C16H22N2O. The number of allylic oxidation sites excluding steroid dienone is 1. The molecular weight excluding hydrogens is 236 g/mol. The SMILES string of the molecule is CC1(C)CC=C(CCNC(=O)c2ccccn2)CC1.